The number of carboxylic acids is 1. The summed E-state index contributed by atoms with van der Waals surface area (Å²) in [4.78, 5) is 37.8. The second-order valence-electron chi connectivity index (χ2n) is 5.31. The molecule has 1 fully saturated rings. The van der Waals surface area contributed by atoms with Crippen molar-refractivity contribution < 1.29 is 23.9 Å². The number of carboxylic acid groups (broad SMARTS) is 1. The van der Waals surface area contributed by atoms with Crippen LogP contribution >= 0.6 is 0 Å². The zero-order valence-electron chi connectivity index (χ0n) is 12.7. The van der Waals surface area contributed by atoms with E-state index < -0.39 is 17.8 Å². The SMILES string of the molecule is CC(C(=O)O)C(=O)N1CCN(C(=O)Nc2ccc(F)cc2)CC1. The molecule has 23 heavy (non-hydrogen) atoms. The number of anilines is 1. The molecule has 1 heterocycles. The number of carbonyl (C=O) groups excluding carboxylic acids is 2. The molecule has 1 aromatic carbocycles. The van der Waals surface area contributed by atoms with Crippen LogP contribution in [0.5, 0.6) is 0 Å². The van der Waals surface area contributed by atoms with E-state index in [1.807, 2.05) is 0 Å². The van der Waals surface area contributed by atoms with E-state index >= 15 is 0 Å². The van der Waals surface area contributed by atoms with Gasteiger partial charge in [0.25, 0.3) is 0 Å². The van der Waals surface area contributed by atoms with Gasteiger partial charge >= 0.3 is 12.0 Å². The second kappa shape index (κ2) is 7.08. The number of hydrogen-bond acceptors (Lipinski definition) is 3. The van der Waals surface area contributed by atoms with Crippen LogP contribution in [0, 0.1) is 11.7 Å². The number of hydrogen-bond donors (Lipinski definition) is 2. The zero-order chi connectivity index (χ0) is 17.0. The highest BCUT2D eigenvalue weighted by atomic mass is 19.1. The average Bonchev–Trinajstić information content (AvgIpc) is 2.55. The minimum Gasteiger partial charge on any atom is -0.481 e. The first-order valence-electron chi connectivity index (χ1n) is 7.21. The molecule has 8 heteroatoms. The van der Waals surface area contributed by atoms with E-state index in [9.17, 15) is 18.8 Å². The molecule has 1 aromatic rings. The van der Waals surface area contributed by atoms with E-state index in [1.54, 1.807) is 0 Å². The van der Waals surface area contributed by atoms with Crippen molar-refractivity contribution in [2.24, 2.45) is 5.92 Å². The molecule has 3 amide bonds. The lowest BCUT2D eigenvalue weighted by Crippen LogP contribution is -2.53. The summed E-state index contributed by atoms with van der Waals surface area (Å²) in [5, 5.41) is 11.5. The third-order valence-corrected chi connectivity index (χ3v) is 3.71. The fraction of sp³-hybridized carbons (Fsp3) is 0.400. The molecule has 124 valence electrons. The van der Waals surface area contributed by atoms with E-state index in [2.05, 4.69) is 5.32 Å². The third-order valence-electron chi connectivity index (χ3n) is 3.71. The number of nitrogens with one attached hydrogen (secondary N) is 1. The molecule has 7 nitrogen and oxygen atoms in total. The minimum absolute atomic E-state index is 0.285. The molecule has 1 atom stereocenters. The largest absolute Gasteiger partial charge is 0.481 e. The van der Waals surface area contributed by atoms with Crippen molar-refractivity contribution in [3.63, 3.8) is 0 Å². The van der Waals surface area contributed by atoms with Crippen LogP contribution in [0.2, 0.25) is 0 Å². The number of halogens is 1. The maximum Gasteiger partial charge on any atom is 0.321 e. The molecule has 2 rings (SSSR count). The summed E-state index contributed by atoms with van der Waals surface area (Å²) in [6, 6.07) is 5.08. The van der Waals surface area contributed by atoms with Crippen LogP contribution in [0.4, 0.5) is 14.9 Å². The Bertz CT molecular complexity index is 597. The molecule has 1 aliphatic rings. The van der Waals surface area contributed by atoms with Gasteiger partial charge in [-0.1, -0.05) is 0 Å². The smallest absolute Gasteiger partial charge is 0.321 e. The van der Waals surface area contributed by atoms with E-state index in [0.717, 1.165) is 0 Å². The van der Waals surface area contributed by atoms with Crippen LogP contribution in [-0.4, -0.2) is 59.0 Å². The van der Waals surface area contributed by atoms with Crippen molar-refractivity contribution in [1.29, 1.82) is 0 Å². The van der Waals surface area contributed by atoms with Crippen molar-refractivity contribution in [3.05, 3.63) is 30.1 Å². The van der Waals surface area contributed by atoms with Gasteiger partial charge in [-0.05, 0) is 31.2 Å². The fourth-order valence-electron chi connectivity index (χ4n) is 2.25. The van der Waals surface area contributed by atoms with E-state index in [0.29, 0.717) is 18.8 Å². The molecule has 1 aliphatic heterocycles. The fourth-order valence-corrected chi connectivity index (χ4v) is 2.25. The average molecular weight is 323 g/mol. The lowest BCUT2D eigenvalue weighted by atomic mass is 10.1. The lowest BCUT2D eigenvalue weighted by molar-refractivity contribution is -0.150. The summed E-state index contributed by atoms with van der Waals surface area (Å²) in [5.41, 5.74) is 0.481. The molecule has 0 radical (unpaired) electrons. The van der Waals surface area contributed by atoms with Crippen molar-refractivity contribution in [3.8, 4) is 0 Å². The van der Waals surface area contributed by atoms with Gasteiger partial charge in [-0.15, -0.1) is 0 Å². The summed E-state index contributed by atoms with van der Waals surface area (Å²) in [6.45, 7) is 2.54. The Morgan fingerprint density at radius 2 is 1.61 bits per heavy atom. The number of amides is 3. The van der Waals surface area contributed by atoms with Crippen molar-refractivity contribution in [1.82, 2.24) is 9.80 Å². The molecule has 0 aromatic heterocycles. The Morgan fingerprint density at radius 3 is 2.13 bits per heavy atom. The van der Waals surface area contributed by atoms with E-state index in [-0.39, 0.29) is 24.9 Å². The van der Waals surface area contributed by atoms with Gasteiger partial charge in [-0.3, -0.25) is 9.59 Å². The summed E-state index contributed by atoms with van der Waals surface area (Å²) in [6.07, 6.45) is 0. The molecule has 0 saturated carbocycles. The number of rotatable bonds is 3. The van der Waals surface area contributed by atoms with Crippen LogP contribution in [0.1, 0.15) is 6.92 Å². The van der Waals surface area contributed by atoms with Crippen LogP contribution in [0.25, 0.3) is 0 Å². The van der Waals surface area contributed by atoms with Gasteiger partial charge < -0.3 is 20.2 Å². The number of carbonyl (C=O) groups is 3. The molecule has 0 spiro atoms. The maximum atomic E-state index is 12.8. The molecular weight excluding hydrogens is 305 g/mol. The molecule has 0 bridgehead atoms. The minimum atomic E-state index is -1.16. The van der Waals surface area contributed by atoms with Gasteiger partial charge in [0, 0.05) is 31.9 Å². The Labute approximate surface area is 132 Å². The summed E-state index contributed by atoms with van der Waals surface area (Å²) >= 11 is 0. The van der Waals surface area contributed by atoms with Crippen molar-refractivity contribution >= 4 is 23.6 Å². The number of piperazine rings is 1. The second-order valence-corrected chi connectivity index (χ2v) is 5.31. The number of benzene rings is 1. The summed E-state index contributed by atoms with van der Waals surface area (Å²) in [5.74, 6) is -3.08. The first-order chi connectivity index (χ1) is 10.9. The van der Waals surface area contributed by atoms with Crippen LogP contribution in [0.15, 0.2) is 24.3 Å². The zero-order valence-corrected chi connectivity index (χ0v) is 12.7. The predicted molar refractivity (Wildman–Crippen MR) is 80.4 cm³/mol. The van der Waals surface area contributed by atoms with Gasteiger partial charge in [0.15, 0.2) is 0 Å². The normalized spacial score (nSPS) is 15.9. The predicted octanol–water partition coefficient (Wildman–Crippen LogP) is 1.22. The highest BCUT2D eigenvalue weighted by Gasteiger charge is 2.30. The number of nitrogens with zero attached hydrogens (tertiary/aromatic N) is 2. The molecule has 2 N–H and O–H groups in total. The van der Waals surface area contributed by atoms with Gasteiger partial charge in [0.2, 0.25) is 5.91 Å². The van der Waals surface area contributed by atoms with Gasteiger partial charge in [-0.2, -0.15) is 0 Å². The topological polar surface area (TPSA) is 90.0 Å². The highest BCUT2D eigenvalue weighted by molar-refractivity contribution is 5.96. The Balaban J connectivity index is 1.86. The Hall–Kier alpha value is -2.64. The summed E-state index contributed by atoms with van der Waals surface area (Å²) < 4.78 is 12.8. The highest BCUT2D eigenvalue weighted by Crippen LogP contribution is 2.12. The van der Waals surface area contributed by atoms with E-state index in [1.165, 1.54) is 41.0 Å². The van der Waals surface area contributed by atoms with Gasteiger partial charge in [0.1, 0.15) is 11.7 Å². The van der Waals surface area contributed by atoms with Crippen LogP contribution < -0.4 is 5.32 Å². The maximum absolute atomic E-state index is 12.8. The van der Waals surface area contributed by atoms with Crippen LogP contribution in [-0.2, 0) is 9.59 Å². The lowest BCUT2D eigenvalue weighted by Gasteiger charge is -2.35. The Morgan fingerprint density at radius 1 is 1.09 bits per heavy atom. The summed E-state index contributed by atoms with van der Waals surface area (Å²) in [7, 11) is 0. The van der Waals surface area contributed by atoms with Crippen molar-refractivity contribution in [2.75, 3.05) is 31.5 Å². The monoisotopic (exact) mass is 323 g/mol. The standard InChI is InChI=1S/C15H18FN3O4/c1-10(14(21)22)13(20)18-6-8-19(9-7-18)15(23)17-12-4-2-11(16)3-5-12/h2-5,10H,6-9H2,1H3,(H,17,23)(H,21,22). The first kappa shape index (κ1) is 16.7. The molecular formula is C15H18FN3O4. The molecule has 1 saturated heterocycles. The van der Waals surface area contributed by atoms with Crippen LogP contribution in [0.3, 0.4) is 0 Å². The third kappa shape index (κ3) is 4.18. The number of aliphatic carboxylic acids is 1. The van der Waals surface area contributed by atoms with E-state index in [4.69, 9.17) is 5.11 Å². The molecule has 0 aliphatic carbocycles. The number of urea groups is 1. The quantitative estimate of drug-likeness (QED) is 0.819. The van der Waals surface area contributed by atoms with Crippen molar-refractivity contribution in [2.45, 2.75) is 6.92 Å². The molecule has 1 unspecified atom stereocenters. The Kier molecular flexibility index (Phi) is 5.15. The first-order valence-corrected chi connectivity index (χ1v) is 7.21. The van der Waals surface area contributed by atoms with Gasteiger partial charge in [-0.25, -0.2) is 9.18 Å². The van der Waals surface area contributed by atoms with Gasteiger partial charge in [0.05, 0.1) is 0 Å².